The first kappa shape index (κ1) is 26.6. The van der Waals surface area contributed by atoms with Crippen molar-refractivity contribution in [2.24, 2.45) is 18.7 Å². The number of imidazole rings is 1. The van der Waals surface area contributed by atoms with Crippen LogP contribution < -0.4 is 10.5 Å². The van der Waals surface area contributed by atoms with Gasteiger partial charge in [-0.15, -0.1) is 0 Å². The highest BCUT2D eigenvalue weighted by Crippen LogP contribution is 2.38. The fraction of sp³-hybridized carbons (Fsp3) is 0.419. The molecule has 218 valence electrons. The molecule has 5 aromatic rings. The van der Waals surface area contributed by atoms with Crippen molar-refractivity contribution in [3.8, 4) is 17.3 Å². The van der Waals surface area contributed by atoms with Gasteiger partial charge in [-0.25, -0.2) is 14.4 Å². The van der Waals surface area contributed by atoms with E-state index in [0.29, 0.717) is 35.8 Å². The first-order valence-electron chi connectivity index (χ1n) is 14.5. The Morgan fingerprint density at radius 2 is 2.02 bits per heavy atom. The van der Waals surface area contributed by atoms with Gasteiger partial charge in [-0.2, -0.15) is 5.10 Å². The van der Waals surface area contributed by atoms with Gasteiger partial charge in [0.15, 0.2) is 5.82 Å². The Morgan fingerprint density at radius 3 is 2.74 bits per heavy atom. The number of hydrogen-bond donors (Lipinski definition) is 1. The number of nitrogens with zero attached hydrogens (tertiary/aromatic N) is 7. The van der Waals surface area contributed by atoms with Gasteiger partial charge in [-0.3, -0.25) is 9.48 Å². The average molecular weight is 571 g/mol. The number of piperidine rings is 1. The third-order valence-electron chi connectivity index (χ3n) is 8.68. The number of likely N-dealkylation sites (tertiary alicyclic amines) is 1. The summed E-state index contributed by atoms with van der Waals surface area (Å²) in [4.78, 5) is 25.0. The van der Waals surface area contributed by atoms with E-state index in [4.69, 9.17) is 20.4 Å². The molecule has 0 bridgehead atoms. The topological polar surface area (TPSA) is 109 Å². The molecule has 5 heterocycles. The second-order valence-corrected chi connectivity index (χ2v) is 11.7. The van der Waals surface area contributed by atoms with Gasteiger partial charge in [-0.1, -0.05) is 0 Å². The summed E-state index contributed by atoms with van der Waals surface area (Å²) in [6.45, 7) is 3.77. The third kappa shape index (κ3) is 4.61. The average Bonchev–Trinajstić information content (AvgIpc) is 3.52. The second-order valence-electron chi connectivity index (χ2n) is 11.7. The Morgan fingerprint density at radius 1 is 1.19 bits per heavy atom. The molecule has 0 unspecified atom stereocenters. The van der Waals surface area contributed by atoms with Crippen LogP contribution in [0.5, 0.6) is 5.75 Å². The predicted octanol–water partition coefficient (Wildman–Crippen LogP) is 4.07. The first-order valence-corrected chi connectivity index (χ1v) is 14.5. The Balaban J connectivity index is 1.42. The number of fused-ring (bicyclic) bond motifs is 2. The van der Waals surface area contributed by atoms with Crippen molar-refractivity contribution >= 4 is 28.0 Å². The summed E-state index contributed by atoms with van der Waals surface area (Å²) in [5.74, 6) is 1.63. The van der Waals surface area contributed by atoms with E-state index in [9.17, 15) is 9.18 Å². The normalized spacial score (nSPS) is 19.2. The highest BCUT2D eigenvalue weighted by molar-refractivity contribution is 6.00. The highest BCUT2D eigenvalue weighted by atomic mass is 19.1. The van der Waals surface area contributed by atoms with Crippen LogP contribution in [-0.2, 0) is 20.1 Å². The number of aryl methyl sites for hydroxylation is 1. The van der Waals surface area contributed by atoms with Gasteiger partial charge in [0.2, 0.25) is 0 Å². The molecule has 2 N–H and O–H groups in total. The number of carbonyl (C=O) groups excluding carboxylic acids is 1. The summed E-state index contributed by atoms with van der Waals surface area (Å²) in [5, 5.41) is 5.52. The molecule has 4 aromatic heterocycles. The van der Waals surface area contributed by atoms with Gasteiger partial charge in [0.25, 0.3) is 5.91 Å². The summed E-state index contributed by atoms with van der Waals surface area (Å²) < 4.78 is 26.5. The van der Waals surface area contributed by atoms with E-state index in [0.717, 1.165) is 45.9 Å². The number of halogens is 1. The van der Waals surface area contributed by atoms with Crippen LogP contribution in [0.2, 0.25) is 0 Å². The Kier molecular flexibility index (Phi) is 6.49. The molecule has 42 heavy (non-hydrogen) atoms. The van der Waals surface area contributed by atoms with Crippen molar-refractivity contribution < 1.29 is 13.9 Å². The fourth-order valence-electron chi connectivity index (χ4n) is 6.17. The van der Waals surface area contributed by atoms with Crippen LogP contribution in [0.1, 0.15) is 40.9 Å². The van der Waals surface area contributed by atoms with Crippen LogP contribution in [0.15, 0.2) is 42.7 Å². The number of carbonyl (C=O) groups is 1. The zero-order valence-corrected chi connectivity index (χ0v) is 24.1. The van der Waals surface area contributed by atoms with Crippen LogP contribution in [0.4, 0.5) is 4.39 Å². The van der Waals surface area contributed by atoms with E-state index in [1.54, 1.807) is 19.2 Å². The van der Waals surface area contributed by atoms with Gasteiger partial charge in [0.05, 0.1) is 37.6 Å². The van der Waals surface area contributed by atoms with Gasteiger partial charge < -0.3 is 24.5 Å². The summed E-state index contributed by atoms with van der Waals surface area (Å²) in [6, 6.07) is 9.30. The standard InChI is InChI=1S/C31H35FN8O2/c1-18-22(13-35-37(18)2)15-40-28-25(9-21(11-27(28)42-3)31(41)38-16-23(32)12-24(33)17-38)36-30(40)26-10-20-5-4-8-34-29(20)39(26)14-19-6-7-19/h4-5,8-11,13,19,23-24H,6-7,12,14-17,33H2,1-3H3/t23-,24-/m1/s1. The quantitative estimate of drug-likeness (QED) is 0.316. The summed E-state index contributed by atoms with van der Waals surface area (Å²) in [5.41, 5.74) is 11.9. The lowest BCUT2D eigenvalue weighted by Gasteiger charge is -2.33. The molecule has 1 aromatic carbocycles. The van der Waals surface area contributed by atoms with Crippen LogP contribution in [0, 0.1) is 12.8 Å². The largest absolute Gasteiger partial charge is 0.494 e. The van der Waals surface area contributed by atoms with E-state index >= 15 is 0 Å². The van der Waals surface area contributed by atoms with Gasteiger partial charge in [-0.05, 0) is 62.4 Å². The second kappa shape index (κ2) is 10.2. The first-order chi connectivity index (χ1) is 20.3. The van der Waals surface area contributed by atoms with Crippen LogP contribution in [-0.4, -0.2) is 72.1 Å². The van der Waals surface area contributed by atoms with Crippen molar-refractivity contribution in [1.29, 1.82) is 0 Å². The number of ether oxygens (including phenoxy) is 1. The minimum Gasteiger partial charge on any atom is -0.494 e. The molecule has 1 saturated heterocycles. The molecule has 0 radical (unpaired) electrons. The minimum atomic E-state index is -1.14. The van der Waals surface area contributed by atoms with Crippen molar-refractivity contribution in [3.05, 3.63) is 59.5 Å². The summed E-state index contributed by atoms with van der Waals surface area (Å²) >= 11 is 0. The molecule has 2 fully saturated rings. The van der Waals surface area contributed by atoms with Gasteiger partial charge in [0, 0.05) is 54.6 Å². The lowest BCUT2D eigenvalue weighted by Crippen LogP contribution is -2.50. The maximum atomic E-state index is 14.3. The monoisotopic (exact) mass is 570 g/mol. The zero-order chi connectivity index (χ0) is 29.1. The SMILES string of the molecule is COc1cc(C(=O)N2C[C@H](N)C[C@@H](F)C2)cc2nc(-c3cc4cccnc4n3CC3CC3)n(Cc3cnn(C)c3C)c12. The molecule has 1 aliphatic heterocycles. The maximum absolute atomic E-state index is 14.3. The maximum Gasteiger partial charge on any atom is 0.254 e. The van der Waals surface area contributed by atoms with E-state index < -0.39 is 6.17 Å². The molecule has 1 saturated carbocycles. The predicted molar refractivity (Wildman–Crippen MR) is 158 cm³/mol. The molecule has 10 nitrogen and oxygen atoms in total. The van der Waals surface area contributed by atoms with Crippen LogP contribution in [0.3, 0.4) is 0 Å². The number of nitrogens with two attached hydrogens (primary N) is 1. The molecule has 2 aliphatic rings. The smallest absolute Gasteiger partial charge is 0.254 e. The van der Waals surface area contributed by atoms with Crippen LogP contribution in [0.25, 0.3) is 33.6 Å². The van der Waals surface area contributed by atoms with Crippen molar-refractivity contribution in [2.45, 2.75) is 51.5 Å². The minimum absolute atomic E-state index is 0.0289. The highest BCUT2D eigenvalue weighted by Gasteiger charge is 2.31. The van der Waals surface area contributed by atoms with Crippen LogP contribution >= 0.6 is 0 Å². The molecular weight excluding hydrogens is 535 g/mol. The number of rotatable bonds is 7. The van der Waals surface area contributed by atoms with E-state index in [1.807, 2.05) is 37.1 Å². The van der Waals surface area contributed by atoms with E-state index in [2.05, 4.69) is 26.4 Å². The Hall–Kier alpha value is -4.25. The molecule has 2 atom stereocenters. The number of amides is 1. The van der Waals surface area contributed by atoms with E-state index in [-0.39, 0.29) is 24.9 Å². The molecule has 11 heteroatoms. The summed E-state index contributed by atoms with van der Waals surface area (Å²) in [7, 11) is 3.52. The molecular formula is C31H35FN8O2. The number of methoxy groups -OCH3 is 1. The molecule has 1 aliphatic carbocycles. The fourth-order valence-corrected chi connectivity index (χ4v) is 6.17. The van der Waals surface area contributed by atoms with E-state index in [1.165, 1.54) is 17.7 Å². The number of aromatic nitrogens is 6. The zero-order valence-electron chi connectivity index (χ0n) is 24.1. The Bertz CT molecular complexity index is 1810. The van der Waals surface area contributed by atoms with Gasteiger partial charge in [0.1, 0.15) is 23.1 Å². The van der Waals surface area contributed by atoms with Gasteiger partial charge >= 0.3 is 0 Å². The van der Waals surface area contributed by atoms with Crippen molar-refractivity contribution in [1.82, 2.24) is 33.8 Å². The third-order valence-corrected chi connectivity index (χ3v) is 8.68. The number of pyridine rings is 1. The Labute approximate surface area is 242 Å². The molecule has 0 spiro atoms. The molecule has 1 amide bonds. The molecule has 7 rings (SSSR count). The number of hydrogen-bond acceptors (Lipinski definition) is 6. The number of alkyl halides is 1. The number of benzene rings is 1. The van der Waals surface area contributed by atoms with Crippen molar-refractivity contribution in [2.75, 3.05) is 20.2 Å². The van der Waals surface area contributed by atoms with Crippen molar-refractivity contribution in [3.63, 3.8) is 0 Å². The summed E-state index contributed by atoms with van der Waals surface area (Å²) in [6.07, 6.45) is 5.24. The lowest BCUT2D eigenvalue weighted by molar-refractivity contribution is 0.0606. The lowest BCUT2D eigenvalue weighted by atomic mass is 10.0.